The summed E-state index contributed by atoms with van der Waals surface area (Å²) in [7, 11) is 0. The number of ether oxygens (including phenoxy) is 2. The van der Waals surface area contributed by atoms with Crippen LogP contribution in [0.1, 0.15) is 13.8 Å². The second kappa shape index (κ2) is 7.59. The molecule has 1 aromatic heterocycles. The van der Waals surface area contributed by atoms with E-state index in [9.17, 15) is 0 Å². The maximum Gasteiger partial charge on any atom is 0.213 e. The Bertz CT molecular complexity index is 338. The Kier molecular flexibility index (Phi) is 5.98. The van der Waals surface area contributed by atoms with Gasteiger partial charge in [0.2, 0.25) is 5.88 Å². The highest BCUT2D eigenvalue weighted by Crippen LogP contribution is 2.13. The molecule has 1 heterocycles. The third-order valence-electron chi connectivity index (χ3n) is 1.78. The minimum absolute atomic E-state index is 0.203. The van der Waals surface area contributed by atoms with Crippen LogP contribution in [0.5, 0.6) is 5.88 Å². The lowest BCUT2D eigenvalue weighted by Gasteiger charge is -2.08. The highest BCUT2D eigenvalue weighted by Gasteiger charge is 1.97. The Morgan fingerprint density at radius 3 is 2.88 bits per heavy atom. The van der Waals surface area contributed by atoms with E-state index in [-0.39, 0.29) is 6.10 Å². The fourth-order valence-corrected chi connectivity index (χ4v) is 1.07. The van der Waals surface area contributed by atoms with Gasteiger partial charge in [-0.05, 0) is 19.9 Å². The minimum Gasteiger partial charge on any atom is -0.475 e. The van der Waals surface area contributed by atoms with E-state index in [2.05, 4.69) is 9.98 Å². The second-order valence-corrected chi connectivity index (χ2v) is 3.51. The smallest absolute Gasteiger partial charge is 0.213 e. The number of pyridine rings is 1. The first kappa shape index (κ1) is 13.4. The molecule has 94 valence electrons. The lowest BCUT2D eigenvalue weighted by molar-refractivity contribution is 0.0542. The van der Waals surface area contributed by atoms with Gasteiger partial charge in [-0.1, -0.05) is 0 Å². The molecule has 0 atom stereocenters. The van der Waals surface area contributed by atoms with Crippen molar-refractivity contribution >= 4 is 12.0 Å². The molecule has 0 aliphatic heterocycles. The van der Waals surface area contributed by atoms with Crippen LogP contribution < -0.4 is 10.2 Å². The fourth-order valence-electron chi connectivity index (χ4n) is 1.07. The largest absolute Gasteiger partial charge is 0.475 e. The highest BCUT2D eigenvalue weighted by atomic mass is 16.5. The molecule has 2 N–H and O–H groups in total. The number of aliphatic imine (C=N–C) groups is 1. The van der Waals surface area contributed by atoms with Gasteiger partial charge in [-0.3, -0.25) is 10.7 Å². The predicted molar refractivity (Wildman–Crippen MR) is 63.9 cm³/mol. The molecule has 1 rings (SSSR count). The van der Waals surface area contributed by atoms with Gasteiger partial charge in [-0.2, -0.15) is 0 Å². The first-order valence-electron chi connectivity index (χ1n) is 5.35. The van der Waals surface area contributed by atoms with Crippen molar-refractivity contribution in [3.63, 3.8) is 0 Å². The quantitative estimate of drug-likeness (QED) is 0.326. The van der Waals surface area contributed by atoms with E-state index < -0.39 is 0 Å². The molecule has 17 heavy (non-hydrogen) atoms. The lowest BCUT2D eigenvalue weighted by atomic mass is 10.4. The third-order valence-corrected chi connectivity index (χ3v) is 1.78. The molecule has 0 fully saturated rings. The van der Waals surface area contributed by atoms with Crippen LogP contribution in [-0.4, -0.2) is 35.8 Å². The SMILES string of the molecule is CC(C)OCCOc1ccc(N=CNO)cn1. The minimum atomic E-state index is 0.203. The molecular formula is C11H17N3O3. The first-order valence-corrected chi connectivity index (χ1v) is 5.35. The molecule has 0 saturated heterocycles. The van der Waals surface area contributed by atoms with Crippen LogP contribution in [0, 0.1) is 0 Å². The van der Waals surface area contributed by atoms with Gasteiger partial charge in [0.05, 0.1) is 24.6 Å². The average Bonchev–Trinajstić information content (AvgIpc) is 2.33. The summed E-state index contributed by atoms with van der Waals surface area (Å²) in [6, 6.07) is 3.44. The molecule has 0 spiro atoms. The Morgan fingerprint density at radius 2 is 2.29 bits per heavy atom. The van der Waals surface area contributed by atoms with Crippen molar-refractivity contribution in [2.45, 2.75) is 20.0 Å². The van der Waals surface area contributed by atoms with Crippen molar-refractivity contribution in [1.82, 2.24) is 10.5 Å². The maximum absolute atomic E-state index is 8.31. The molecule has 0 aliphatic carbocycles. The summed E-state index contributed by atoms with van der Waals surface area (Å²) < 4.78 is 10.7. The molecule has 0 amide bonds. The molecular weight excluding hydrogens is 222 g/mol. The van der Waals surface area contributed by atoms with E-state index in [1.807, 2.05) is 19.3 Å². The zero-order chi connectivity index (χ0) is 12.5. The van der Waals surface area contributed by atoms with Gasteiger partial charge < -0.3 is 9.47 Å². The maximum atomic E-state index is 8.31. The molecule has 6 heteroatoms. The molecule has 0 saturated carbocycles. The van der Waals surface area contributed by atoms with Crippen molar-refractivity contribution in [3.8, 4) is 5.88 Å². The van der Waals surface area contributed by atoms with Crippen LogP contribution in [0.2, 0.25) is 0 Å². The summed E-state index contributed by atoms with van der Waals surface area (Å²) in [5.74, 6) is 0.522. The van der Waals surface area contributed by atoms with E-state index in [4.69, 9.17) is 14.7 Å². The van der Waals surface area contributed by atoms with Crippen molar-refractivity contribution < 1.29 is 14.7 Å². The fraction of sp³-hybridized carbons (Fsp3) is 0.455. The van der Waals surface area contributed by atoms with Crippen LogP contribution in [0.15, 0.2) is 23.3 Å². The molecule has 0 bridgehead atoms. The molecule has 0 unspecified atom stereocenters. The van der Waals surface area contributed by atoms with Gasteiger partial charge in [-0.25, -0.2) is 9.98 Å². The van der Waals surface area contributed by atoms with E-state index in [1.54, 1.807) is 18.3 Å². The van der Waals surface area contributed by atoms with Gasteiger partial charge in [-0.15, -0.1) is 0 Å². The van der Waals surface area contributed by atoms with Gasteiger partial charge in [0.25, 0.3) is 0 Å². The van der Waals surface area contributed by atoms with Crippen LogP contribution >= 0.6 is 0 Å². The molecule has 0 aromatic carbocycles. The lowest BCUT2D eigenvalue weighted by Crippen LogP contribution is -2.11. The normalized spacial score (nSPS) is 11.1. The van der Waals surface area contributed by atoms with Crippen molar-refractivity contribution in [2.24, 2.45) is 4.99 Å². The van der Waals surface area contributed by atoms with E-state index in [0.717, 1.165) is 6.34 Å². The monoisotopic (exact) mass is 239 g/mol. The standard InChI is InChI=1S/C11H17N3O3/c1-9(2)16-5-6-17-11-4-3-10(7-12-11)13-8-14-15/h3-4,7-9,15H,5-6H2,1-2H3,(H,13,14). The highest BCUT2D eigenvalue weighted by molar-refractivity contribution is 5.59. The van der Waals surface area contributed by atoms with Gasteiger partial charge in [0.15, 0.2) is 0 Å². The topological polar surface area (TPSA) is 76.0 Å². The summed E-state index contributed by atoms with van der Waals surface area (Å²) in [4.78, 5) is 7.90. The number of nitrogens with one attached hydrogen (secondary N) is 1. The number of aromatic nitrogens is 1. The van der Waals surface area contributed by atoms with E-state index >= 15 is 0 Å². The van der Waals surface area contributed by atoms with Gasteiger partial charge in [0, 0.05) is 6.07 Å². The zero-order valence-electron chi connectivity index (χ0n) is 9.96. The van der Waals surface area contributed by atoms with Crippen molar-refractivity contribution in [1.29, 1.82) is 0 Å². The number of hydroxylamine groups is 1. The molecule has 0 radical (unpaired) electrons. The van der Waals surface area contributed by atoms with Crippen LogP contribution in [0.4, 0.5) is 5.69 Å². The Balaban J connectivity index is 2.32. The van der Waals surface area contributed by atoms with E-state index in [1.165, 1.54) is 0 Å². The van der Waals surface area contributed by atoms with Gasteiger partial charge in [0.1, 0.15) is 12.9 Å². The van der Waals surface area contributed by atoms with E-state index in [0.29, 0.717) is 24.8 Å². The summed E-state index contributed by atoms with van der Waals surface area (Å²) in [5.41, 5.74) is 2.44. The van der Waals surface area contributed by atoms with Gasteiger partial charge >= 0.3 is 0 Å². The number of rotatable bonds is 7. The Labute approximate surface area is 100 Å². The average molecular weight is 239 g/mol. The Hall–Kier alpha value is -1.66. The molecule has 1 aromatic rings. The Morgan fingerprint density at radius 1 is 1.47 bits per heavy atom. The number of hydrogen-bond acceptors (Lipinski definition) is 5. The summed E-state index contributed by atoms with van der Waals surface area (Å²) in [6.07, 6.45) is 2.91. The summed E-state index contributed by atoms with van der Waals surface area (Å²) in [6.45, 7) is 4.94. The predicted octanol–water partition coefficient (Wildman–Crippen LogP) is 1.52. The number of hydrogen-bond donors (Lipinski definition) is 2. The first-order chi connectivity index (χ1) is 8.22. The molecule has 0 aliphatic rings. The second-order valence-electron chi connectivity index (χ2n) is 3.51. The summed E-state index contributed by atoms with van der Waals surface area (Å²) in [5, 5.41) is 8.31. The third kappa shape index (κ3) is 5.84. The van der Waals surface area contributed by atoms with Crippen molar-refractivity contribution in [2.75, 3.05) is 13.2 Å². The summed E-state index contributed by atoms with van der Waals surface area (Å²) >= 11 is 0. The van der Waals surface area contributed by atoms with Crippen LogP contribution in [0.3, 0.4) is 0 Å². The molecule has 6 nitrogen and oxygen atoms in total. The van der Waals surface area contributed by atoms with Crippen molar-refractivity contribution in [3.05, 3.63) is 18.3 Å². The van der Waals surface area contributed by atoms with Crippen LogP contribution in [0.25, 0.3) is 0 Å². The number of nitrogens with zero attached hydrogens (tertiary/aromatic N) is 2. The zero-order valence-corrected chi connectivity index (χ0v) is 9.96. The van der Waals surface area contributed by atoms with Crippen LogP contribution in [-0.2, 0) is 4.74 Å².